The molecule has 4 nitrogen and oxygen atoms in total. The highest BCUT2D eigenvalue weighted by Crippen LogP contribution is 2.09. The molecule has 0 spiro atoms. The Bertz CT molecular complexity index is 222. The van der Waals surface area contributed by atoms with Crippen LogP contribution in [0.4, 0.5) is 0 Å². The summed E-state index contributed by atoms with van der Waals surface area (Å²) in [4.78, 5) is 0. The number of ether oxygens (including phenoxy) is 1. The Morgan fingerprint density at radius 1 is 1.05 bits per heavy atom. The molecule has 0 heterocycles. The van der Waals surface area contributed by atoms with E-state index in [-0.39, 0.29) is 0 Å². The van der Waals surface area contributed by atoms with Crippen molar-refractivity contribution >= 4 is 0 Å². The lowest BCUT2D eigenvalue weighted by molar-refractivity contribution is 0.0232. The van der Waals surface area contributed by atoms with Gasteiger partial charge >= 0.3 is 0 Å². The Morgan fingerprint density at radius 3 is 2.38 bits per heavy atom. The normalized spacial score (nSPS) is 15.9. The lowest BCUT2D eigenvalue weighted by Gasteiger charge is -2.23. The molecule has 2 atom stereocenters. The molecule has 21 heavy (non-hydrogen) atoms. The first-order valence-electron chi connectivity index (χ1n) is 8.70. The largest absolute Gasteiger partial charge is 0.389 e. The first-order valence-corrected chi connectivity index (χ1v) is 8.70. The Kier molecular flexibility index (Phi) is 13.4. The highest BCUT2D eigenvalue weighted by molar-refractivity contribution is 4.75. The van der Waals surface area contributed by atoms with Gasteiger partial charge in [0.05, 0.1) is 18.3 Å². The predicted octanol–water partition coefficient (Wildman–Crippen LogP) is 2.87. The first kappa shape index (κ1) is 20.8. The number of aliphatic hydroxyl groups is 2. The van der Waals surface area contributed by atoms with Gasteiger partial charge in [0, 0.05) is 19.7 Å². The second-order valence-electron chi connectivity index (χ2n) is 6.37. The summed E-state index contributed by atoms with van der Waals surface area (Å²) in [6.45, 7) is 8.19. The van der Waals surface area contributed by atoms with Crippen molar-refractivity contribution in [3.63, 3.8) is 0 Å². The Morgan fingerprint density at radius 2 is 1.71 bits per heavy atom. The maximum absolute atomic E-state index is 9.99. The van der Waals surface area contributed by atoms with E-state index in [2.05, 4.69) is 19.2 Å². The van der Waals surface area contributed by atoms with E-state index in [4.69, 9.17) is 4.74 Å². The maximum Gasteiger partial charge on any atom is 0.0897 e. The first-order chi connectivity index (χ1) is 10.0. The smallest absolute Gasteiger partial charge is 0.0897 e. The molecule has 3 N–H and O–H groups in total. The van der Waals surface area contributed by atoms with Crippen LogP contribution in [-0.4, -0.2) is 48.2 Å². The van der Waals surface area contributed by atoms with Crippen LogP contribution >= 0.6 is 0 Å². The van der Waals surface area contributed by atoms with Crippen LogP contribution in [0.3, 0.4) is 0 Å². The van der Waals surface area contributed by atoms with Crippen molar-refractivity contribution in [2.75, 3.05) is 26.3 Å². The highest BCUT2D eigenvalue weighted by atomic mass is 16.5. The lowest BCUT2D eigenvalue weighted by Crippen LogP contribution is -2.41. The molecular formula is C17H37NO3. The van der Waals surface area contributed by atoms with E-state index >= 15 is 0 Å². The summed E-state index contributed by atoms with van der Waals surface area (Å²) in [6, 6.07) is 0. The summed E-state index contributed by atoms with van der Waals surface area (Å²) in [5.41, 5.74) is -0.687. The van der Waals surface area contributed by atoms with Crippen molar-refractivity contribution in [2.45, 2.75) is 83.8 Å². The monoisotopic (exact) mass is 303 g/mol. The minimum atomic E-state index is -0.687. The van der Waals surface area contributed by atoms with Gasteiger partial charge in [-0.1, -0.05) is 52.4 Å². The number of hydrogen-bond donors (Lipinski definition) is 3. The van der Waals surface area contributed by atoms with Gasteiger partial charge in [0.2, 0.25) is 0 Å². The third-order valence-corrected chi connectivity index (χ3v) is 3.63. The number of hydrogen-bond acceptors (Lipinski definition) is 4. The van der Waals surface area contributed by atoms with Crippen molar-refractivity contribution < 1.29 is 14.9 Å². The van der Waals surface area contributed by atoms with Gasteiger partial charge in [-0.25, -0.2) is 0 Å². The van der Waals surface area contributed by atoms with Gasteiger partial charge in [0.25, 0.3) is 0 Å². The van der Waals surface area contributed by atoms with E-state index in [0.29, 0.717) is 19.7 Å². The number of nitrogens with one attached hydrogen (secondary N) is 1. The molecule has 0 amide bonds. The molecule has 0 aromatic carbocycles. The molecule has 4 heteroatoms. The fourth-order valence-corrected chi connectivity index (χ4v) is 2.40. The summed E-state index contributed by atoms with van der Waals surface area (Å²) in [5, 5.41) is 22.9. The summed E-state index contributed by atoms with van der Waals surface area (Å²) in [5.74, 6) is 0. The van der Waals surface area contributed by atoms with Crippen LogP contribution in [0.2, 0.25) is 0 Å². The fraction of sp³-hybridized carbons (Fsp3) is 1.00. The van der Waals surface area contributed by atoms with Crippen LogP contribution in [0, 0.1) is 0 Å². The van der Waals surface area contributed by atoms with E-state index in [1.807, 2.05) is 6.92 Å². The predicted molar refractivity (Wildman–Crippen MR) is 88.6 cm³/mol. The van der Waals surface area contributed by atoms with Gasteiger partial charge in [-0.15, -0.1) is 0 Å². The second kappa shape index (κ2) is 13.5. The molecule has 0 fully saturated rings. The third-order valence-electron chi connectivity index (χ3n) is 3.63. The van der Waals surface area contributed by atoms with E-state index in [1.165, 1.54) is 32.1 Å². The van der Waals surface area contributed by atoms with E-state index in [0.717, 1.165) is 25.9 Å². The van der Waals surface area contributed by atoms with Crippen molar-refractivity contribution in [3.05, 3.63) is 0 Å². The minimum Gasteiger partial charge on any atom is -0.389 e. The van der Waals surface area contributed by atoms with E-state index < -0.39 is 11.7 Å². The Labute approximate surface area is 131 Å². The topological polar surface area (TPSA) is 61.7 Å². The number of unbranched alkanes of at least 4 members (excludes halogenated alkanes) is 5. The zero-order valence-corrected chi connectivity index (χ0v) is 14.4. The zero-order chi connectivity index (χ0) is 16.0. The SMILES string of the molecule is CCCCCCCCOCC(O)CNCC(C)(O)CCC. The summed E-state index contributed by atoms with van der Waals surface area (Å²) >= 11 is 0. The molecule has 0 bridgehead atoms. The van der Waals surface area contributed by atoms with Crippen LogP contribution in [0.5, 0.6) is 0 Å². The van der Waals surface area contributed by atoms with Crippen LogP contribution in [0.1, 0.15) is 72.1 Å². The fourth-order valence-electron chi connectivity index (χ4n) is 2.40. The van der Waals surface area contributed by atoms with Gasteiger partial charge in [-0.2, -0.15) is 0 Å². The van der Waals surface area contributed by atoms with Crippen LogP contribution in [-0.2, 0) is 4.74 Å². The summed E-state index contributed by atoms with van der Waals surface area (Å²) in [6.07, 6.45) is 8.73. The summed E-state index contributed by atoms with van der Waals surface area (Å²) in [7, 11) is 0. The average molecular weight is 303 g/mol. The molecule has 0 saturated heterocycles. The quantitative estimate of drug-likeness (QED) is 0.407. The van der Waals surface area contributed by atoms with Gasteiger partial charge in [-0.3, -0.25) is 0 Å². The van der Waals surface area contributed by atoms with Crippen LogP contribution in [0.25, 0.3) is 0 Å². The number of rotatable bonds is 15. The standard InChI is InChI=1S/C17H37NO3/c1-4-6-7-8-9-10-12-21-14-16(19)13-18-15-17(3,20)11-5-2/h16,18-20H,4-15H2,1-3H3. The molecule has 0 aromatic heterocycles. The molecule has 0 radical (unpaired) electrons. The third kappa shape index (κ3) is 14.5. The lowest BCUT2D eigenvalue weighted by atomic mass is 10.0. The van der Waals surface area contributed by atoms with E-state index in [9.17, 15) is 10.2 Å². The maximum atomic E-state index is 9.99. The van der Waals surface area contributed by atoms with Crippen LogP contribution < -0.4 is 5.32 Å². The Balaban J connectivity index is 3.36. The van der Waals surface area contributed by atoms with Gasteiger partial charge in [0.15, 0.2) is 0 Å². The minimum absolute atomic E-state index is 0.373. The van der Waals surface area contributed by atoms with Crippen molar-refractivity contribution in [1.29, 1.82) is 0 Å². The van der Waals surface area contributed by atoms with Crippen LogP contribution in [0.15, 0.2) is 0 Å². The molecule has 0 aliphatic heterocycles. The molecule has 0 aliphatic rings. The highest BCUT2D eigenvalue weighted by Gasteiger charge is 2.18. The molecule has 0 saturated carbocycles. The molecular weight excluding hydrogens is 266 g/mol. The van der Waals surface area contributed by atoms with E-state index in [1.54, 1.807) is 0 Å². The van der Waals surface area contributed by atoms with Gasteiger partial charge in [0.1, 0.15) is 0 Å². The average Bonchev–Trinajstić information content (AvgIpc) is 2.41. The Hall–Kier alpha value is -0.160. The van der Waals surface area contributed by atoms with Crippen molar-refractivity contribution in [3.8, 4) is 0 Å². The zero-order valence-electron chi connectivity index (χ0n) is 14.4. The molecule has 2 unspecified atom stereocenters. The molecule has 0 aromatic rings. The number of aliphatic hydroxyl groups excluding tert-OH is 1. The second-order valence-corrected chi connectivity index (χ2v) is 6.37. The summed E-state index contributed by atoms with van der Waals surface area (Å²) < 4.78 is 5.48. The van der Waals surface area contributed by atoms with Gasteiger partial charge < -0.3 is 20.3 Å². The molecule has 128 valence electrons. The van der Waals surface area contributed by atoms with Gasteiger partial charge in [-0.05, 0) is 19.8 Å². The molecule has 0 rings (SSSR count). The molecule has 0 aliphatic carbocycles. The van der Waals surface area contributed by atoms with Crippen molar-refractivity contribution in [2.24, 2.45) is 0 Å². The van der Waals surface area contributed by atoms with Crippen molar-refractivity contribution in [1.82, 2.24) is 5.32 Å².